The van der Waals surface area contributed by atoms with Gasteiger partial charge in [-0.25, -0.2) is 0 Å². The monoisotopic (exact) mass is 460 g/mol. The van der Waals surface area contributed by atoms with Gasteiger partial charge in [-0.15, -0.1) is 10.2 Å². The van der Waals surface area contributed by atoms with Gasteiger partial charge < -0.3 is 19.0 Å². The SMILES string of the molecule is CN(C(=O)Cc1coc2ccccc12)[C@H](CN1CCCC1)c1cccc(OCc2nn[nH]n2)c1. The Balaban J connectivity index is 1.35. The number of aromatic nitrogens is 4. The molecule has 1 aliphatic rings. The average molecular weight is 461 g/mol. The number of tetrazole rings is 1. The number of carbonyl (C=O) groups is 1. The molecule has 1 amide bonds. The van der Waals surface area contributed by atoms with Gasteiger partial charge in [-0.05, 0) is 49.7 Å². The Kier molecular flexibility index (Phi) is 6.53. The lowest BCUT2D eigenvalue weighted by Gasteiger charge is -2.32. The second-order valence-corrected chi connectivity index (χ2v) is 8.65. The van der Waals surface area contributed by atoms with Crippen molar-refractivity contribution in [3.63, 3.8) is 0 Å². The van der Waals surface area contributed by atoms with Crippen molar-refractivity contribution in [3.05, 3.63) is 71.7 Å². The average Bonchev–Trinajstić information content (AvgIpc) is 3.64. The fourth-order valence-corrected chi connectivity index (χ4v) is 4.50. The second-order valence-electron chi connectivity index (χ2n) is 8.65. The first-order valence-electron chi connectivity index (χ1n) is 11.6. The van der Waals surface area contributed by atoms with Gasteiger partial charge in [-0.1, -0.05) is 35.5 Å². The molecule has 1 aliphatic heterocycles. The summed E-state index contributed by atoms with van der Waals surface area (Å²) in [4.78, 5) is 17.7. The summed E-state index contributed by atoms with van der Waals surface area (Å²) < 4.78 is 11.5. The van der Waals surface area contributed by atoms with Gasteiger partial charge in [-0.2, -0.15) is 5.21 Å². The van der Waals surface area contributed by atoms with Gasteiger partial charge in [-0.3, -0.25) is 4.79 Å². The summed E-state index contributed by atoms with van der Waals surface area (Å²) in [6, 6.07) is 15.6. The van der Waals surface area contributed by atoms with Gasteiger partial charge in [0.25, 0.3) is 0 Å². The minimum Gasteiger partial charge on any atom is -0.485 e. The number of nitrogens with one attached hydrogen (secondary N) is 1. The summed E-state index contributed by atoms with van der Waals surface area (Å²) in [5.74, 6) is 1.24. The molecule has 0 spiro atoms. The first kappa shape index (κ1) is 22.1. The van der Waals surface area contributed by atoms with Gasteiger partial charge in [0, 0.05) is 24.5 Å². The van der Waals surface area contributed by atoms with E-state index in [1.165, 1.54) is 12.8 Å². The lowest BCUT2D eigenvalue weighted by molar-refractivity contribution is -0.131. The van der Waals surface area contributed by atoms with Crippen molar-refractivity contribution in [1.82, 2.24) is 30.4 Å². The van der Waals surface area contributed by atoms with Crippen LogP contribution in [0.2, 0.25) is 0 Å². The van der Waals surface area contributed by atoms with E-state index >= 15 is 0 Å². The van der Waals surface area contributed by atoms with Crippen LogP contribution in [-0.4, -0.2) is 63.0 Å². The van der Waals surface area contributed by atoms with Gasteiger partial charge in [0.2, 0.25) is 11.7 Å². The van der Waals surface area contributed by atoms with E-state index < -0.39 is 0 Å². The van der Waals surface area contributed by atoms with E-state index in [1.54, 1.807) is 6.26 Å². The molecule has 2 aromatic heterocycles. The van der Waals surface area contributed by atoms with Crippen LogP contribution in [0.4, 0.5) is 0 Å². The molecule has 1 fully saturated rings. The second kappa shape index (κ2) is 10.0. The molecule has 5 rings (SSSR count). The first-order chi connectivity index (χ1) is 16.7. The van der Waals surface area contributed by atoms with E-state index in [0.717, 1.165) is 41.7 Å². The first-order valence-corrected chi connectivity index (χ1v) is 11.6. The van der Waals surface area contributed by atoms with Crippen LogP contribution in [0, 0.1) is 0 Å². The lowest BCUT2D eigenvalue weighted by Crippen LogP contribution is -2.39. The number of fused-ring (bicyclic) bond motifs is 1. The highest BCUT2D eigenvalue weighted by Crippen LogP contribution is 2.28. The predicted molar refractivity (Wildman–Crippen MR) is 126 cm³/mol. The Morgan fingerprint density at radius 2 is 2.06 bits per heavy atom. The Hall–Kier alpha value is -3.72. The number of rotatable bonds is 9. The van der Waals surface area contributed by atoms with Crippen LogP contribution in [-0.2, 0) is 17.8 Å². The summed E-state index contributed by atoms with van der Waals surface area (Å²) in [6.45, 7) is 3.11. The molecular weight excluding hydrogens is 432 g/mol. The molecule has 9 nitrogen and oxygen atoms in total. The number of carbonyl (C=O) groups excluding carboxylic acids is 1. The van der Waals surface area contributed by atoms with E-state index in [9.17, 15) is 4.79 Å². The molecule has 0 radical (unpaired) electrons. The summed E-state index contributed by atoms with van der Waals surface area (Å²) in [5.41, 5.74) is 2.74. The van der Waals surface area contributed by atoms with E-state index in [2.05, 4.69) is 31.6 Å². The Morgan fingerprint density at radius 1 is 1.21 bits per heavy atom. The van der Waals surface area contributed by atoms with Crippen molar-refractivity contribution in [2.24, 2.45) is 0 Å². The number of hydrogen-bond donors (Lipinski definition) is 1. The van der Waals surface area contributed by atoms with Crippen LogP contribution in [0.25, 0.3) is 11.0 Å². The number of likely N-dealkylation sites (tertiary alicyclic amines) is 1. The molecule has 9 heteroatoms. The summed E-state index contributed by atoms with van der Waals surface area (Å²) in [5, 5.41) is 14.8. The minimum absolute atomic E-state index is 0.0499. The normalized spacial score (nSPS) is 15.0. The number of hydrogen-bond acceptors (Lipinski definition) is 7. The van der Waals surface area contributed by atoms with Crippen LogP contribution in [0.5, 0.6) is 5.75 Å². The zero-order chi connectivity index (χ0) is 23.3. The minimum atomic E-state index is -0.0995. The number of benzene rings is 2. The quantitative estimate of drug-likeness (QED) is 0.409. The van der Waals surface area contributed by atoms with Gasteiger partial charge in [0.1, 0.15) is 11.3 Å². The molecule has 2 aromatic carbocycles. The number of amides is 1. The van der Waals surface area contributed by atoms with Crippen molar-refractivity contribution in [2.75, 3.05) is 26.7 Å². The standard InChI is InChI=1S/C25H28N6O3/c1-30(25(32)14-19-16-34-23-10-3-2-9-21(19)23)22(15-31-11-4-5-12-31)18-7-6-8-20(13-18)33-17-24-26-28-29-27-24/h2-3,6-10,13,16,22H,4-5,11-12,14-15,17H2,1H3,(H,26,27,28,29)/t22-/m1/s1. The number of aromatic amines is 1. The van der Waals surface area contributed by atoms with E-state index in [1.807, 2.05) is 54.4 Å². The number of nitrogens with zero attached hydrogens (tertiary/aromatic N) is 5. The highest BCUT2D eigenvalue weighted by atomic mass is 16.5. The Morgan fingerprint density at radius 3 is 2.88 bits per heavy atom. The zero-order valence-electron chi connectivity index (χ0n) is 19.2. The highest BCUT2D eigenvalue weighted by Gasteiger charge is 2.26. The molecule has 176 valence electrons. The maximum atomic E-state index is 13.4. The molecule has 0 aliphatic carbocycles. The largest absolute Gasteiger partial charge is 0.485 e. The number of furan rings is 1. The Bertz CT molecular complexity index is 1230. The van der Waals surface area contributed by atoms with Gasteiger partial charge >= 0.3 is 0 Å². The molecule has 3 heterocycles. The number of H-pyrrole nitrogens is 1. The molecule has 1 atom stereocenters. The third-order valence-electron chi connectivity index (χ3n) is 6.39. The lowest BCUT2D eigenvalue weighted by atomic mass is 10.0. The highest BCUT2D eigenvalue weighted by molar-refractivity contribution is 5.87. The number of ether oxygens (including phenoxy) is 1. The third kappa shape index (κ3) is 4.94. The predicted octanol–water partition coefficient (Wildman–Crippen LogP) is 3.36. The van der Waals surface area contributed by atoms with E-state index in [-0.39, 0.29) is 25.0 Å². The maximum absolute atomic E-state index is 13.4. The van der Waals surface area contributed by atoms with Crippen LogP contribution in [0.15, 0.2) is 59.2 Å². The van der Waals surface area contributed by atoms with Crippen molar-refractivity contribution in [1.29, 1.82) is 0 Å². The molecule has 0 unspecified atom stereocenters. The van der Waals surface area contributed by atoms with Gasteiger partial charge in [0.15, 0.2) is 6.61 Å². The summed E-state index contributed by atoms with van der Waals surface area (Å²) in [7, 11) is 1.89. The molecular formula is C25H28N6O3. The topological polar surface area (TPSA) is 100 Å². The molecule has 4 aromatic rings. The fourth-order valence-electron chi connectivity index (χ4n) is 4.50. The van der Waals surface area contributed by atoms with Crippen molar-refractivity contribution >= 4 is 16.9 Å². The Labute approximate surface area is 197 Å². The smallest absolute Gasteiger partial charge is 0.227 e. The van der Waals surface area contributed by atoms with Crippen molar-refractivity contribution in [2.45, 2.75) is 31.9 Å². The van der Waals surface area contributed by atoms with Crippen molar-refractivity contribution < 1.29 is 13.9 Å². The van der Waals surface area contributed by atoms with Crippen molar-refractivity contribution in [3.8, 4) is 5.75 Å². The summed E-state index contributed by atoms with van der Waals surface area (Å²) >= 11 is 0. The number of para-hydroxylation sites is 1. The molecule has 1 N–H and O–H groups in total. The molecule has 0 bridgehead atoms. The molecule has 34 heavy (non-hydrogen) atoms. The summed E-state index contributed by atoms with van der Waals surface area (Å²) in [6.07, 6.45) is 4.37. The molecule has 1 saturated heterocycles. The fraction of sp³-hybridized carbons (Fsp3) is 0.360. The van der Waals surface area contributed by atoms with Gasteiger partial charge in [0.05, 0.1) is 18.7 Å². The zero-order valence-corrected chi connectivity index (χ0v) is 19.2. The maximum Gasteiger partial charge on any atom is 0.227 e. The van der Waals surface area contributed by atoms with E-state index in [4.69, 9.17) is 9.15 Å². The third-order valence-corrected chi connectivity index (χ3v) is 6.39. The van der Waals surface area contributed by atoms with Crippen LogP contribution < -0.4 is 4.74 Å². The van der Waals surface area contributed by atoms with E-state index in [0.29, 0.717) is 11.6 Å². The molecule has 0 saturated carbocycles. The van der Waals surface area contributed by atoms with Crippen LogP contribution in [0.3, 0.4) is 0 Å². The van der Waals surface area contributed by atoms with Crippen LogP contribution in [0.1, 0.15) is 35.8 Å². The number of likely N-dealkylation sites (N-methyl/N-ethyl adjacent to an activating group) is 1. The van der Waals surface area contributed by atoms with Crippen LogP contribution >= 0.6 is 0 Å².